The summed E-state index contributed by atoms with van der Waals surface area (Å²) in [6.07, 6.45) is 0. The molecule has 1 atom stereocenters. The van der Waals surface area contributed by atoms with Crippen LogP contribution in [0.15, 0.2) is 41.0 Å². The van der Waals surface area contributed by atoms with Gasteiger partial charge in [-0.05, 0) is 26.0 Å². The summed E-state index contributed by atoms with van der Waals surface area (Å²) in [5.41, 5.74) is 4.69. The topological polar surface area (TPSA) is 114 Å². The van der Waals surface area contributed by atoms with Crippen molar-refractivity contribution in [2.24, 2.45) is 5.73 Å². The van der Waals surface area contributed by atoms with Crippen LogP contribution >= 0.6 is 11.6 Å². The molecule has 1 aromatic carbocycles. The van der Waals surface area contributed by atoms with Gasteiger partial charge >= 0.3 is 5.97 Å². The fourth-order valence-corrected chi connectivity index (χ4v) is 3.43. The minimum Gasteiger partial charge on any atom is -0.462 e. The van der Waals surface area contributed by atoms with Crippen LogP contribution in [-0.4, -0.2) is 18.5 Å². The van der Waals surface area contributed by atoms with E-state index < -0.39 is 17.3 Å². The predicted molar refractivity (Wildman–Crippen MR) is 89.0 cm³/mol. The van der Waals surface area contributed by atoms with Crippen LogP contribution in [0, 0.1) is 11.3 Å². The van der Waals surface area contributed by atoms with Gasteiger partial charge in [0.25, 0.3) is 0 Å². The second-order valence-electron chi connectivity index (χ2n) is 5.50. The van der Waals surface area contributed by atoms with Gasteiger partial charge in [0.1, 0.15) is 23.0 Å². The Morgan fingerprint density at radius 2 is 2.24 bits per heavy atom. The van der Waals surface area contributed by atoms with Gasteiger partial charge in [-0.1, -0.05) is 17.7 Å². The fourth-order valence-electron chi connectivity index (χ4n) is 3.26. The minimum absolute atomic E-state index is 0.0707. The lowest BCUT2D eigenvalue weighted by Gasteiger charge is -2.33. The SMILES string of the molecule is CCOC(=O)C1=C(C)OC(N)=C(C#N)[C@@]12C(=O)Nc1cc(Cl)ccc12. The summed E-state index contributed by atoms with van der Waals surface area (Å²) in [6, 6.07) is 6.61. The lowest BCUT2D eigenvalue weighted by molar-refractivity contribution is -0.140. The van der Waals surface area contributed by atoms with Crippen LogP contribution in [0.25, 0.3) is 0 Å². The lowest BCUT2D eigenvalue weighted by atomic mass is 9.68. The molecule has 8 heteroatoms. The molecule has 2 aliphatic heterocycles. The number of halogens is 1. The molecule has 2 heterocycles. The number of amides is 1. The smallest absolute Gasteiger partial charge is 0.339 e. The van der Waals surface area contributed by atoms with Gasteiger partial charge in [0.2, 0.25) is 11.8 Å². The number of rotatable bonds is 2. The largest absolute Gasteiger partial charge is 0.462 e. The van der Waals surface area contributed by atoms with E-state index in [4.69, 9.17) is 26.8 Å². The van der Waals surface area contributed by atoms with Crippen LogP contribution in [0.2, 0.25) is 5.02 Å². The number of nitrogens with zero attached hydrogens (tertiary/aromatic N) is 1. The summed E-state index contributed by atoms with van der Waals surface area (Å²) in [7, 11) is 0. The average Bonchev–Trinajstić information content (AvgIpc) is 2.80. The van der Waals surface area contributed by atoms with Gasteiger partial charge in [0, 0.05) is 16.3 Å². The molecule has 0 saturated carbocycles. The van der Waals surface area contributed by atoms with Crippen LogP contribution in [0.1, 0.15) is 19.4 Å². The number of hydrogen-bond acceptors (Lipinski definition) is 6. The van der Waals surface area contributed by atoms with E-state index in [1.54, 1.807) is 25.1 Å². The maximum atomic E-state index is 13.0. The Bertz CT molecular complexity index is 913. The highest BCUT2D eigenvalue weighted by molar-refractivity contribution is 6.31. The number of nitriles is 1. The Hall–Kier alpha value is -2.98. The van der Waals surface area contributed by atoms with Gasteiger partial charge in [-0.15, -0.1) is 0 Å². The van der Waals surface area contributed by atoms with Gasteiger partial charge in [-0.2, -0.15) is 5.26 Å². The van der Waals surface area contributed by atoms with Gasteiger partial charge in [0.05, 0.1) is 6.61 Å². The molecule has 0 radical (unpaired) electrons. The summed E-state index contributed by atoms with van der Waals surface area (Å²) in [6.45, 7) is 3.24. The Balaban J connectivity index is 2.39. The molecule has 1 amide bonds. The number of anilines is 1. The third-order valence-corrected chi connectivity index (χ3v) is 4.41. The van der Waals surface area contributed by atoms with Crippen molar-refractivity contribution in [1.82, 2.24) is 0 Å². The van der Waals surface area contributed by atoms with Crippen molar-refractivity contribution in [2.75, 3.05) is 11.9 Å². The maximum Gasteiger partial charge on any atom is 0.339 e. The Kier molecular flexibility index (Phi) is 3.93. The second kappa shape index (κ2) is 5.83. The molecule has 25 heavy (non-hydrogen) atoms. The fraction of sp³-hybridized carbons (Fsp3) is 0.235. The molecule has 0 aliphatic carbocycles. The average molecular weight is 360 g/mol. The van der Waals surface area contributed by atoms with Crippen molar-refractivity contribution in [3.8, 4) is 6.07 Å². The van der Waals surface area contributed by atoms with Gasteiger partial charge in [-0.3, -0.25) is 4.79 Å². The minimum atomic E-state index is -1.73. The molecular formula is C17H14ClN3O4. The summed E-state index contributed by atoms with van der Waals surface area (Å²) in [5, 5.41) is 12.7. The number of ether oxygens (including phenoxy) is 2. The molecule has 1 spiro atoms. The number of carbonyl (C=O) groups excluding carboxylic acids is 2. The third-order valence-electron chi connectivity index (χ3n) is 4.18. The number of benzene rings is 1. The number of hydrogen-bond donors (Lipinski definition) is 2. The van der Waals surface area contributed by atoms with E-state index in [-0.39, 0.29) is 29.4 Å². The van der Waals surface area contributed by atoms with Crippen molar-refractivity contribution < 1.29 is 19.1 Å². The Labute approximate surface area is 148 Å². The first kappa shape index (κ1) is 16.9. The van der Waals surface area contributed by atoms with E-state index in [0.29, 0.717) is 16.3 Å². The first-order valence-corrected chi connectivity index (χ1v) is 7.83. The zero-order valence-electron chi connectivity index (χ0n) is 13.5. The monoisotopic (exact) mass is 359 g/mol. The molecule has 3 rings (SSSR count). The zero-order chi connectivity index (χ0) is 18.4. The van der Waals surface area contributed by atoms with Gasteiger partial charge in [-0.25, -0.2) is 4.79 Å². The number of allylic oxidation sites excluding steroid dienone is 1. The molecule has 128 valence electrons. The van der Waals surface area contributed by atoms with E-state index >= 15 is 0 Å². The van der Waals surface area contributed by atoms with E-state index in [9.17, 15) is 14.9 Å². The molecule has 1 aromatic rings. The van der Waals surface area contributed by atoms with Crippen molar-refractivity contribution in [2.45, 2.75) is 19.3 Å². The van der Waals surface area contributed by atoms with Crippen molar-refractivity contribution in [1.29, 1.82) is 5.26 Å². The molecular weight excluding hydrogens is 346 g/mol. The molecule has 0 bridgehead atoms. The maximum absolute atomic E-state index is 13.0. The van der Waals surface area contributed by atoms with Crippen molar-refractivity contribution in [3.63, 3.8) is 0 Å². The Morgan fingerprint density at radius 3 is 2.88 bits per heavy atom. The summed E-state index contributed by atoms with van der Waals surface area (Å²) >= 11 is 5.99. The summed E-state index contributed by atoms with van der Waals surface area (Å²) < 4.78 is 10.4. The third kappa shape index (κ3) is 2.18. The second-order valence-corrected chi connectivity index (χ2v) is 5.94. The molecule has 2 aliphatic rings. The Morgan fingerprint density at radius 1 is 1.52 bits per heavy atom. The first-order valence-electron chi connectivity index (χ1n) is 7.46. The van der Waals surface area contributed by atoms with Crippen molar-refractivity contribution in [3.05, 3.63) is 51.6 Å². The quantitative estimate of drug-likeness (QED) is 0.781. The molecule has 3 N–H and O–H groups in total. The number of carbonyl (C=O) groups is 2. The molecule has 7 nitrogen and oxygen atoms in total. The molecule has 0 saturated heterocycles. The van der Waals surface area contributed by atoms with Crippen LogP contribution in [-0.2, 0) is 24.5 Å². The number of fused-ring (bicyclic) bond motifs is 2. The number of nitrogens with two attached hydrogens (primary N) is 1. The highest BCUT2D eigenvalue weighted by Crippen LogP contribution is 2.52. The summed E-state index contributed by atoms with van der Waals surface area (Å²) in [4.78, 5) is 25.6. The summed E-state index contributed by atoms with van der Waals surface area (Å²) in [5.74, 6) is -1.47. The highest BCUT2D eigenvalue weighted by Gasteiger charge is 2.59. The number of esters is 1. The van der Waals surface area contributed by atoms with Crippen molar-refractivity contribution >= 4 is 29.2 Å². The van der Waals surface area contributed by atoms with Crippen LogP contribution in [0.3, 0.4) is 0 Å². The van der Waals surface area contributed by atoms with Crippen LogP contribution < -0.4 is 11.1 Å². The zero-order valence-corrected chi connectivity index (χ0v) is 14.2. The molecule has 0 aromatic heterocycles. The standard InChI is InChI=1S/C17H14ClN3O4/c1-3-24-15(22)13-8(2)25-14(20)11(7-19)17(13)10-5-4-9(18)6-12(10)21-16(17)23/h4-6H,3,20H2,1-2H3,(H,21,23)/t17-/m1/s1. The van der Waals surface area contributed by atoms with Gasteiger partial charge < -0.3 is 20.5 Å². The van der Waals surface area contributed by atoms with E-state index in [0.717, 1.165) is 0 Å². The molecule has 0 fully saturated rings. The predicted octanol–water partition coefficient (Wildman–Crippen LogP) is 2.09. The van der Waals surface area contributed by atoms with Gasteiger partial charge in [0.15, 0.2) is 5.41 Å². The van der Waals surface area contributed by atoms with E-state index in [2.05, 4.69) is 5.32 Å². The van der Waals surface area contributed by atoms with Crippen LogP contribution in [0.4, 0.5) is 5.69 Å². The lowest BCUT2D eigenvalue weighted by Crippen LogP contribution is -2.45. The first-order chi connectivity index (χ1) is 11.9. The highest BCUT2D eigenvalue weighted by atomic mass is 35.5. The number of nitrogens with one attached hydrogen (secondary N) is 1. The van der Waals surface area contributed by atoms with E-state index in [1.807, 2.05) is 6.07 Å². The van der Waals surface area contributed by atoms with E-state index in [1.165, 1.54) is 6.92 Å². The molecule has 0 unspecified atom stereocenters. The normalized spacial score (nSPS) is 21.6. The van der Waals surface area contributed by atoms with Crippen LogP contribution in [0.5, 0.6) is 0 Å².